The summed E-state index contributed by atoms with van der Waals surface area (Å²) in [6.45, 7) is 2.43. The lowest BCUT2D eigenvalue weighted by Crippen LogP contribution is -2.06. The summed E-state index contributed by atoms with van der Waals surface area (Å²) >= 11 is 0. The van der Waals surface area contributed by atoms with Gasteiger partial charge in [0.2, 0.25) is 5.88 Å². The minimum Gasteiger partial charge on any atom is -0.494 e. The number of nitrogens with zero attached hydrogens (tertiary/aromatic N) is 5. The molecule has 3 heterocycles. The lowest BCUT2D eigenvalue weighted by molar-refractivity contribution is 0.327. The molecule has 0 radical (unpaired) electrons. The summed E-state index contributed by atoms with van der Waals surface area (Å²) in [4.78, 5) is 18.5. The van der Waals surface area contributed by atoms with Crippen molar-refractivity contribution in [3.05, 3.63) is 42.6 Å². The van der Waals surface area contributed by atoms with Crippen LogP contribution in [0, 0.1) is 0 Å². The number of imidazole rings is 1. The van der Waals surface area contributed by atoms with E-state index in [4.69, 9.17) is 19.2 Å². The van der Waals surface area contributed by atoms with E-state index in [-0.39, 0.29) is 0 Å². The van der Waals surface area contributed by atoms with Crippen molar-refractivity contribution in [1.82, 2.24) is 24.5 Å². The highest BCUT2D eigenvalue weighted by atomic mass is 16.5. The summed E-state index contributed by atoms with van der Waals surface area (Å²) in [5.74, 6) is 2.88. The molecule has 0 spiro atoms. The van der Waals surface area contributed by atoms with E-state index in [0.29, 0.717) is 58.3 Å². The van der Waals surface area contributed by atoms with E-state index in [1.807, 2.05) is 41.8 Å². The molecule has 4 aromatic rings. The monoisotopic (exact) mass is 406 g/mol. The molecule has 0 fully saturated rings. The van der Waals surface area contributed by atoms with Gasteiger partial charge < -0.3 is 19.5 Å². The Labute approximate surface area is 173 Å². The highest BCUT2D eigenvalue weighted by Crippen LogP contribution is 2.37. The molecule has 0 aliphatic heterocycles. The molecule has 0 amide bonds. The maximum absolute atomic E-state index is 5.63. The van der Waals surface area contributed by atoms with Gasteiger partial charge in [0.1, 0.15) is 28.7 Å². The molecule has 4 rings (SSSR count). The fourth-order valence-electron chi connectivity index (χ4n) is 3.18. The lowest BCUT2D eigenvalue weighted by atomic mass is 10.2. The normalized spacial score (nSPS) is 10.8. The summed E-state index contributed by atoms with van der Waals surface area (Å²) in [5, 5.41) is 3.02. The molecule has 9 nitrogen and oxygen atoms in total. The number of ether oxygens (including phenoxy) is 3. The molecular weight excluding hydrogens is 384 g/mol. The minimum absolute atomic E-state index is 0.473. The van der Waals surface area contributed by atoms with E-state index in [1.54, 1.807) is 33.5 Å². The van der Waals surface area contributed by atoms with Crippen LogP contribution in [0.15, 0.2) is 42.6 Å². The number of pyridine rings is 1. The van der Waals surface area contributed by atoms with Crippen LogP contribution in [-0.4, -0.2) is 52.4 Å². The lowest BCUT2D eigenvalue weighted by Gasteiger charge is -2.16. The first-order valence-electron chi connectivity index (χ1n) is 9.45. The molecule has 0 atom stereocenters. The van der Waals surface area contributed by atoms with Gasteiger partial charge in [-0.1, -0.05) is 12.1 Å². The highest BCUT2D eigenvalue weighted by Gasteiger charge is 2.23. The third kappa shape index (κ3) is 3.34. The van der Waals surface area contributed by atoms with Gasteiger partial charge in [0, 0.05) is 13.1 Å². The van der Waals surface area contributed by atoms with Gasteiger partial charge in [-0.05, 0) is 25.1 Å². The van der Waals surface area contributed by atoms with Gasteiger partial charge in [0.25, 0.3) is 0 Å². The predicted octanol–water partition coefficient (Wildman–Crippen LogP) is 3.34. The van der Waals surface area contributed by atoms with Crippen LogP contribution in [-0.2, 0) is 0 Å². The number of benzene rings is 1. The van der Waals surface area contributed by atoms with Crippen molar-refractivity contribution in [2.24, 2.45) is 0 Å². The van der Waals surface area contributed by atoms with Gasteiger partial charge in [-0.2, -0.15) is 0 Å². The van der Waals surface area contributed by atoms with E-state index in [2.05, 4.69) is 20.3 Å². The van der Waals surface area contributed by atoms with Crippen LogP contribution in [0.5, 0.6) is 17.4 Å². The fraction of sp³-hybridized carbons (Fsp3) is 0.238. The zero-order valence-corrected chi connectivity index (χ0v) is 17.2. The number of hydrogen-bond donors (Lipinski definition) is 1. The molecule has 30 heavy (non-hydrogen) atoms. The first kappa shape index (κ1) is 19.4. The highest BCUT2D eigenvalue weighted by molar-refractivity contribution is 5.80. The van der Waals surface area contributed by atoms with E-state index in [0.717, 1.165) is 0 Å². The summed E-state index contributed by atoms with van der Waals surface area (Å²) in [6.07, 6.45) is 1.63. The summed E-state index contributed by atoms with van der Waals surface area (Å²) in [7, 11) is 5.00. The third-order valence-electron chi connectivity index (χ3n) is 4.50. The van der Waals surface area contributed by atoms with Crippen LogP contribution in [0.2, 0.25) is 0 Å². The quantitative estimate of drug-likeness (QED) is 0.499. The second-order valence-electron chi connectivity index (χ2n) is 6.23. The molecule has 0 bridgehead atoms. The average Bonchev–Trinajstić information content (AvgIpc) is 3.17. The number of hydrogen-bond acceptors (Lipinski definition) is 8. The van der Waals surface area contributed by atoms with E-state index < -0.39 is 0 Å². The molecule has 0 saturated carbocycles. The van der Waals surface area contributed by atoms with Crippen LogP contribution in [0.25, 0.3) is 28.5 Å². The molecule has 154 valence electrons. The van der Waals surface area contributed by atoms with Crippen LogP contribution in [0.3, 0.4) is 0 Å². The number of aromatic nitrogens is 5. The minimum atomic E-state index is 0.473. The second kappa shape index (κ2) is 8.24. The Hall–Kier alpha value is -3.88. The summed E-state index contributed by atoms with van der Waals surface area (Å²) < 4.78 is 18.7. The third-order valence-corrected chi connectivity index (χ3v) is 4.50. The first-order valence-corrected chi connectivity index (χ1v) is 9.45. The standard InChI is InChI=1S/C21H22N6O3/c1-5-30-17-11-6-8-13(24-17)20-26-19-21(25-16(22-2)12-23-19)27(20)18-14(28-3)9-7-10-15(18)29-4/h6-12H,5H2,1-4H3,(H,22,25). The number of methoxy groups -OCH3 is 2. The largest absolute Gasteiger partial charge is 0.494 e. The van der Waals surface area contributed by atoms with Crippen LogP contribution >= 0.6 is 0 Å². The zero-order valence-electron chi connectivity index (χ0n) is 17.2. The Kier molecular flexibility index (Phi) is 5.34. The van der Waals surface area contributed by atoms with E-state index in [9.17, 15) is 0 Å². The Morgan fingerprint density at radius 1 is 0.967 bits per heavy atom. The smallest absolute Gasteiger partial charge is 0.213 e. The first-order chi connectivity index (χ1) is 14.7. The van der Waals surface area contributed by atoms with Gasteiger partial charge in [-0.25, -0.2) is 19.9 Å². The predicted molar refractivity (Wildman–Crippen MR) is 114 cm³/mol. The Morgan fingerprint density at radius 2 is 1.70 bits per heavy atom. The van der Waals surface area contributed by atoms with Gasteiger partial charge in [-0.3, -0.25) is 4.57 Å². The van der Waals surface area contributed by atoms with Crippen molar-refractivity contribution < 1.29 is 14.2 Å². The Bertz CT molecular complexity index is 1170. The van der Waals surface area contributed by atoms with Crippen molar-refractivity contribution in [2.75, 3.05) is 33.2 Å². The van der Waals surface area contributed by atoms with Crippen molar-refractivity contribution in [2.45, 2.75) is 6.92 Å². The van der Waals surface area contributed by atoms with Gasteiger partial charge >= 0.3 is 0 Å². The maximum Gasteiger partial charge on any atom is 0.213 e. The van der Waals surface area contributed by atoms with E-state index >= 15 is 0 Å². The van der Waals surface area contributed by atoms with E-state index in [1.165, 1.54) is 0 Å². The molecule has 9 heteroatoms. The van der Waals surface area contributed by atoms with Crippen LogP contribution in [0.4, 0.5) is 5.82 Å². The number of fused-ring (bicyclic) bond motifs is 1. The van der Waals surface area contributed by atoms with Crippen molar-refractivity contribution in [1.29, 1.82) is 0 Å². The van der Waals surface area contributed by atoms with Crippen molar-refractivity contribution >= 4 is 17.1 Å². The Balaban J connectivity index is 2.07. The SMILES string of the molecule is CCOc1cccc(-c2nc3ncc(NC)nc3n2-c2c(OC)cccc2OC)n1. The molecule has 1 N–H and O–H groups in total. The molecule has 0 aliphatic rings. The maximum atomic E-state index is 5.63. The molecular formula is C21H22N6O3. The molecule has 0 unspecified atom stereocenters. The zero-order chi connectivity index (χ0) is 21.1. The van der Waals surface area contributed by atoms with Gasteiger partial charge in [0.15, 0.2) is 17.1 Å². The van der Waals surface area contributed by atoms with Gasteiger partial charge in [0.05, 0.1) is 27.0 Å². The Morgan fingerprint density at radius 3 is 2.37 bits per heavy atom. The van der Waals surface area contributed by atoms with Crippen LogP contribution < -0.4 is 19.5 Å². The van der Waals surface area contributed by atoms with Crippen molar-refractivity contribution in [3.8, 4) is 34.6 Å². The molecule has 0 aliphatic carbocycles. The number of anilines is 1. The number of para-hydroxylation sites is 1. The molecule has 3 aromatic heterocycles. The number of nitrogens with one attached hydrogen (secondary N) is 1. The summed E-state index contributed by atoms with van der Waals surface area (Å²) in [6, 6.07) is 11.1. The second-order valence-corrected chi connectivity index (χ2v) is 6.23. The van der Waals surface area contributed by atoms with Crippen LogP contribution in [0.1, 0.15) is 6.92 Å². The number of rotatable bonds is 7. The fourth-order valence-corrected chi connectivity index (χ4v) is 3.18. The van der Waals surface area contributed by atoms with Crippen molar-refractivity contribution in [3.63, 3.8) is 0 Å². The average molecular weight is 406 g/mol. The molecule has 0 saturated heterocycles. The molecule has 1 aromatic carbocycles. The van der Waals surface area contributed by atoms with Gasteiger partial charge in [-0.15, -0.1) is 0 Å². The summed E-state index contributed by atoms with van der Waals surface area (Å²) in [5.41, 5.74) is 2.29. The topological polar surface area (TPSA) is 96.2 Å².